The molecule has 19 heavy (non-hydrogen) atoms. The van der Waals surface area contributed by atoms with Crippen molar-refractivity contribution in [1.29, 1.82) is 0 Å². The summed E-state index contributed by atoms with van der Waals surface area (Å²) in [5.74, 6) is -0.333. The Morgan fingerprint density at radius 1 is 1.37 bits per heavy atom. The quantitative estimate of drug-likeness (QED) is 0.514. The van der Waals surface area contributed by atoms with E-state index in [1.54, 1.807) is 12.1 Å². The lowest BCUT2D eigenvalue weighted by Gasteiger charge is -2.06. The van der Waals surface area contributed by atoms with Gasteiger partial charge < -0.3 is 5.32 Å². The highest BCUT2D eigenvalue weighted by Crippen LogP contribution is 2.19. The SMILES string of the molecule is CSc1ncc(C(=O)Nc2ccc(Br)cc2)c(Cl)n1. The van der Waals surface area contributed by atoms with Gasteiger partial charge in [0.2, 0.25) is 0 Å². The standard InChI is InChI=1S/C12H9BrClN3OS/c1-19-12-15-6-9(10(14)17-12)11(18)16-8-4-2-7(13)3-5-8/h2-6H,1H3,(H,16,18). The minimum atomic E-state index is -0.333. The van der Waals surface area contributed by atoms with E-state index in [2.05, 4.69) is 31.2 Å². The van der Waals surface area contributed by atoms with E-state index in [0.717, 1.165) is 4.47 Å². The molecule has 0 unspecified atom stereocenters. The first-order valence-corrected chi connectivity index (χ1v) is 7.63. The Hall–Kier alpha value is -1.11. The van der Waals surface area contributed by atoms with Gasteiger partial charge in [0, 0.05) is 16.4 Å². The summed E-state index contributed by atoms with van der Waals surface area (Å²) in [7, 11) is 0. The molecule has 7 heteroatoms. The molecule has 0 saturated carbocycles. The van der Waals surface area contributed by atoms with Gasteiger partial charge >= 0.3 is 0 Å². The van der Waals surface area contributed by atoms with Crippen molar-refractivity contribution in [2.45, 2.75) is 5.16 Å². The third-order valence-electron chi connectivity index (χ3n) is 2.25. The van der Waals surface area contributed by atoms with Crippen LogP contribution >= 0.6 is 39.3 Å². The predicted octanol–water partition coefficient (Wildman–Crippen LogP) is 3.87. The summed E-state index contributed by atoms with van der Waals surface area (Å²) in [4.78, 5) is 20.1. The van der Waals surface area contributed by atoms with E-state index in [0.29, 0.717) is 10.8 Å². The molecule has 0 radical (unpaired) electrons. The average molecular weight is 359 g/mol. The van der Waals surface area contributed by atoms with Crippen molar-refractivity contribution in [3.63, 3.8) is 0 Å². The number of nitrogens with zero attached hydrogens (tertiary/aromatic N) is 2. The highest BCUT2D eigenvalue weighted by Gasteiger charge is 2.13. The van der Waals surface area contributed by atoms with Crippen molar-refractivity contribution in [3.05, 3.63) is 45.7 Å². The van der Waals surface area contributed by atoms with E-state index in [1.165, 1.54) is 18.0 Å². The molecular weight excluding hydrogens is 350 g/mol. The van der Waals surface area contributed by atoms with Crippen LogP contribution in [0.2, 0.25) is 5.15 Å². The second-order valence-electron chi connectivity index (χ2n) is 3.52. The fourth-order valence-corrected chi connectivity index (χ4v) is 2.20. The Morgan fingerprint density at radius 2 is 2.05 bits per heavy atom. The lowest BCUT2D eigenvalue weighted by Crippen LogP contribution is -2.13. The van der Waals surface area contributed by atoms with E-state index in [4.69, 9.17) is 11.6 Å². The van der Waals surface area contributed by atoms with Crippen LogP contribution in [0.15, 0.2) is 40.1 Å². The first kappa shape index (κ1) is 14.3. The van der Waals surface area contributed by atoms with Crippen LogP contribution in [0.1, 0.15) is 10.4 Å². The zero-order valence-corrected chi connectivity index (χ0v) is 13.0. The van der Waals surface area contributed by atoms with Gasteiger partial charge in [-0.1, -0.05) is 39.3 Å². The van der Waals surface area contributed by atoms with Crippen LogP contribution in [-0.2, 0) is 0 Å². The second kappa shape index (κ2) is 6.36. The molecule has 1 aromatic carbocycles. The van der Waals surface area contributed by atoms with Crippen LogP contribution in [0.4, 0.5) is 5.69 Å². The summed E-state index contributed by atoms with van der Waals surface area (Å²) >= 11 is 10.7. The van der Waals surface area contributed by atoms with Gasteiger partial charge in [-0.2, -0.15) is 0 Å². The van der Waals surface area contributed by atoms with Crippen LogP contribution in [0, 0.1) is 0 Å². The molecule has 1 amide bonds. The van der Waals surface area contributed by atoms with Gasteiger partial charge in [-0.15, -0.1) is 0 Å². The number of rotatable bonds is 3. The highest BCUT2D eigenvalue weighted by molar-refractivity contribution is 9.10. The molecule has 98 valence electrons. The van der Waals surface area contributed by atoms with Crippen LogP contribution in [0.5, 0.6) is 0 Å². The number of carbonyl (C=O) groups excluding carboxylic acids is 1. The molecule has 2 rings (SSSR count). The molecule has 0 saturated heterocycles. The summed E-state index contributed by atoms with van der Waals surface area (Å²) < 4.78 is 0.941. The molecule has 4 nitrogen and oxygen atoms in total. The van der Waals surface area contributed by atoms with Gasteiger partial charge in [0.05, 0.1) is 5.56 Å². The molecular formula is C12H9BrClN3OS. The minimum Gasteiger partial charge on any atom is -0.322 e. The molecule has 0 bridgehead atoms. The molecule has 0 fully saturated rings. The zero-order chi connectivity index (χ0) is 13.8. The summed E-state index contributed by atoms with van der Waals surface area (Å²) in [5.41, 5.74) is 0.931. The third-order valence-corrected chi connectivity index (χ3v) is 3.63. The van der Waals surface area contributed by atoms with E-state index in [1.807, 2.05) is 18.4 Å². The highest BCUT2D eigenvalue weighted by atomic mass is 79.9. The molecule has 2 aromatic rings. The lowest BCUT2D eigenvalue weighted by molar-refractivity contribution is 0.102. The van der Waals surface area contributed by atoms with Crippen molar-refractivity contribution in [1.82, 2.24) is 9.97 Å². The number of amides is 1. The second-order valence-corrected chi connectivity index (χ2v) is 5.57. The number of nitrogens with one attached hydrogen (secondary N) is 1. The van der Waals surface area contributed by atoms with Crippen LogP contribution in [0.3, 0.4) is 0 Å². The number of aromatic nitrogens is 2. The maximum Gasteiger partial charge on any atom is 0.260 e. The maximum atomic E-state index is 12.0. The van der Waals surface area contributed by atoms with Gasteiger partial charge in [0.1, 0.15) is 5.15 Å². The smallest absolute Gasteiger partial charge is 0.260 e. The Labute approximate surface area is 128 Å². The third kappa shape index (κ3) is 3.68. The van der Waals surface area contributed by atoms with Crippen LogP contribution in [-0.4, -0.2) is 22.1 Å². The van der Waals surface area contributed by atoms with Crippen molar-refractivity contribution in [3.8, 4) is 0 Å². The summed E-state index contributed by atoms with van der Waals surface area (Å²) in [5, 5.41) is 3.41. The zero-order valence-electron chi connectivity index (χ0n) is 9.85. The van der Waals surface area contributed by atoms with Crippen molar-refractivity contribution < 1.29 is 4.79 Å². The Balaban J connectivity index is 2.18. The van der Waals surface area contributed by atoms with Gasteiger partial charge in [-0.3, -0.25) is 4.79 Å². The lowest BCUT2D eigenvalue weighted by atomic mass is 10.3. The molecule has 0 spiro atoms. The normalized spacial score (nSPS) is 10.3. The van der Waals surface area contributed by atoms with Gasteiger partial charge in [0.25, 0.3) is 5.91 Å². The number of hydrogen-bond donors (Lipinski definition) is 1. The minimum absolute atomic E-state index is 0.147. The average Bonchev–Trinajstić information content (AvgIpc) is 2.41. The molecule has 0 atom stereocenters. The summed E-state index contributed by atoms with van der Waals surface area (Å²) in [6.07, 6.45) is 3.27. The van der Waals surface area contributed by atoms with Gasteiger partial charge in [0.15, 0.2) is 5.16 Å². The van der Waals surface area contributed by atoms with Crippen molar-refractivity contribution >= 4 is 50.9 Å². The van der Waals surface area contributed by atoms with E-state index < -0.39 is 0 Å². The fraction of sp³-hybridized carbons (Fsp3) is 0.0833. The molecule has 0 aliphatic heterocycles. The number of thioether (sulfide) groups is 1. The predicted molar refractivity (Wildman–Crippen MR) is 80.9 cm³/mol. The first-order chi connectivity index (χ1) is 9.10. The number of halogens is 2. The fourth-order valence-electron chi connectivity index (χ4n) is 1.33. The number of hydrogen-bond acceptors (Lipinski definition) is 4. The number of anilines is 1. The monoisotopic (exact) mass is 357 g/mol. The van der Waals surface area contributed by atoms with E-state index >= 15 is 0 Å². The maximum absolute atomic E-state index is 12.0. The summed E-state index contributed by atoms with van der Waals surface area (Å²) in [6.45, 7) is 0. The molecule has 0 aliphatic rings. The van der Waals surface area contributed by atoms with Gasteiger partial charge in [-0.05, 0) is 30.5 Å². The van der Waals surface area contributed by atoms with Crippen LogP contribution in [0.25, 0.3) is 0 Å². The molecule has 1 aromatic heterocycles. The van der Waals surface area contributed by atoms with E-state index in [9.17, 15) is 4.79 Å². The largest absolute Gasteiger partial charge is 0.322 e. The van der Waals surface area contributed by atoms with Crippen molar-refractivity contribution in [2.24, 2.45) is 0 Å². The van der Waals surface area contributed by atoms with Crippen molar-refractivity contribution in [2.75, 3.05) is 11.6 Å². The number of benzene rings is 1. The van der Waals surface area contributed by atoms with E-state index in [-0.39, 0.29) is 16.6 Å². The summed E-state index contributed by atoms with van der Waals surface area (Å²) in [6, 6.07) is 7.25. The Morgan fingerprint density at radius 3 is 2.63 bits per heavy atom. The topological polar surface area (TPSA) is 54.9 Å². The Bertz CT molecular complexity index is 606. The van der Waals surface area contributed by atoms with Gasteiger partial charge in [-0.25, -0.2) is 9.97 Å². The molecule has 1 heterocycles. The molecule has 1 N–H and O–H groups in total. The first-order valence-electron chi connectivity index (χ1n) is 5.23. The van der Waals surface area contributed by atoms with Crippen LogP contribution < -0.4 is 5.32 Å². The molecule has 0 aliphatic carbocycles. The Kier molecular flexibility index (Phi) is 4.79. The number of carbonyl (C=O) groups is 1.